The van der Waals surface area contributed by atoms with E-state index in [0.717, 1.165) is 112 Å². The molecule has 0 spiro atoms. The van der Waals surface area contributed by atoms with Crippen LogP contribution >= 0.6 is 0 Å². The molecule has 11 aromatic rings. The summed E-state index contributed by atoms with van der Waals surface area (Å²) in [6, 6.07) is 90.8. The highest BCUT2D eigenvalue weighted by atomic mass is 15.2. The molecule has 0 aliphatic carbocycles. The Morgan fingerprint density at radius 2 is 0.529 bits per heavy atom. The van der Waals surface area contributed by atoms with Gasteiger partial charge in [0, 0.05) is 57.6 Å². The van der Waals surface area contributed by atoms with E-state index in [-0.39, 0.29) is 0 Å². The second-order valence-electron chi connectivity index (χ2n) is 17.6. The van der Waals surface area contributed by atoms with Crippen LogP contribution in [0.15, 0.2) is 267 Å². The average molecular weight is 899 g/mol. The van der Waals surface area contributed by atoms with Gasteiger partial charge in [0.1, 0.15) is 0 Å². The van der Waals surface area contributed by atoms with Crippen LogP contribution in [0.2, 0.25) is 0 Å². The molecule has 334 valence electrons. The molecular formula is C66H50N4. The molecule has 2 aromatic heterocycles. The maximum Gasteiger partial charge on any atom is 0.0709 e. The van der Waals surface area contributed by atoms with Crippen LogP contribution in [0.1, 0.15) is 11.1 Å². The number of rotatable bonds is 12. The second-order valence-corrected chi connectivity index (χ2v) is 17.6. The van der Waals surface area contributed by atoms with Crippen LogP contribution in [0.25, 0.3) is 67.0 Å². The van der Waals surface area contributed by atoms with Gasteiger partial charge in [0.2, 0.25) is 0 Å². The standard InChI is InChI=1S/C66H50N4/c1-47-45-67-65(43-63(47)51-25-13-5-14-26-51)55-37-53(49-21-9-3-10-22-49)39-61(41-55)70(60-35-33-59(34-36-60)69(57-29-17-7-18-30-57)58-31-19-8-20-32-58)62-40-54(50-23-11-4-12-24-50)38-56(42-62)66-44-64(48(2)46-68-66)52-27-15-6-16-28-52/h3-46H,1-2H3. The lowest BCUT2D eigenvalue weighted by Crippen LogP contribution is -2.12. The zero-order chi connectivity index (χ0) is 47.2. The third-order valence-electron chi connectivity index (χ3n) is 12.9. The predicted molar refractivity (Wildman–Crippen MR) is 293 cm³/mol. The second kappa shape index (κ2) is 19.6. The Bertz CT molecular complexity index is 3310. The minimum atomic E-state index is 0.899. The van der Waals surface area contributed by atoms with E-state index in [1.807, 2.05) is 12.4 Å². The van der Waals surface area contributed by atoms with Gasteiger partial charge in [-0.25, -0.2) is 0 Å². The molecule has 70 heavy (non-hydrogen) atoms. The fourth-order valence-electron chi connectivity index (χ4n) is 9.39. The van der Waals surface area contributed by atoms with Crippen molar-refractivity contribution in [2.45, 2.75) is 13.8 Å². The van der Waals surface area contributed by atoms with E-state index in [9.17, 15) is 0 Å². The number of para-hydroxylation sites is 2. The molecule has 11 rings (SSSR count). The van der Waals surface area contributed by atoms with E-state index in [4.69, 9.17) is 9.97 Å². The summed E-state index contributed by atoms with van der Waals surface area (Å²) in [6.45, 7) is 4.27. The van der Waals surface area contributed by atoms with Crippen LogP contribution in [-0.2, 0) is 0 Å². The molecule has 0 atom stereocenters. The predicted octanol–water partition coefficient (Wildman–Crippen LogP) is 18.0. The van der Waals surface area contributed by atoms with Gasteiger partial charge in [-0.05, 0) is 167 Å². The number of benzene rings is 9. The Morgan fingerprint density at radius 3 is 0.886 bits per heavy atom. The van der Waals surface area contributed by atoms with Gasteiger partial charge in [-0.2, -0.15) is 0 Å². The SMILES string of the molecule is Cc1cnc(-c2cc(-c3ccccc3)cc(N(c3ccc(N(c4ccccc4)c4ccccc4)cc3)c3cc(-c4ccccc4)cc(-c4cc(-c5ccccc5)c(C)cn4)c3)c2)cc1-c1ccccc1. The van der Waals surface area contributed by atoms with E-state index >= 15 is 0 Å². The first-order valence-corrected chi connectivity index (χ1v) is 23.8. The Hall–Kier alpha value is -9.12. The zero-order valence-corrected chi connectivity index (χ0v) is 39.2. The van der Waals surface area contributed by atoms with Crippen molar-refractivity contribution >= 4 is 34.1 Å². The molecular weight excluding hydrogens is 849 g/mol. The average Bonchev–Trinajstić information content (AvgIpc) is 3.43. The van der Waals surface area contributed by atoms with Gasteiger partial charge in [0.15, 0.2) is 0 Å². The van der Waals surface area contributed by atoms with Gasteiger partial charge in [0.05, 0.1) is 11.4 Å². The van der Waals surface area contributed by atoms with Crippen LogP contribution in [0.5, 0.6) is 0 Å². The number of hydrogen-bond donors (Lipinski definition) is 0. The van der Waals surface area contributed by atoms with Crippen LogP contribution in [-0.4, -0.2) is 9.97 Å². The molecule has 0 aliphatic heterocycles. The monoisotopic (exact) mass is 898 g/mol. The third kappa shape index (κ3) is 9.14. The van der Waals surface area contributed by atoms with Crippen molar-refractivity contribution in [1.82, 2.24) is 9.97 Å². The molecule has 4 nitrogen and oxygen atoms in total. The Balaban J connectivity index is 1.15. The number of aryl methyl sites for hydroxylation is 2. The highest BCUT2D eigenvalue weighted by Crippen LogP contribution is 2.44. The summed E-state index contributed by atoms with van der Waals surface area (Å²) >= 11 is 0. The normalized spacial score (nSPS) is 11.0. The van der Waals surface area contributed by atoms with Gasteiger partial charge < -0.3 is 9.80 Å². The molecule has 0 saturated heterocycles. The van der Waals surface area contributed by atoms with Crippen LogP contribution in [0.4, 0.5) is 34.1 Å². The smallest absolute Gasteiger partial charge is 0.0709 e. The van der Waals surface area contributed by atoms with Gasteiger partial charge in [-0.1, -0.05) is 158 Å². The molecule has 0 fully saturated rings. The van der Waals surface area contributed by atoms with Gasteiger partial charge in [-0.15, -0.1) is 0 Å². The minimum absolute atomic E-state index is 0.899. The summed E-state index contributed by atoms with van der Waals surface area (Å²) in [5, 5.41) is 0. The quantitative estimate of drug-likeness (QED) is 0.122. The Morgan fingerprint density at radius 1 is 0.243 bits per heavy atom. The van der Waals surface area contributed by atoms with E-state index in [0.29, 0.717) is 0 Å². The van der Waals surface area contributed by atoms with Crippen molar-refractivity contribution in [3.8, 4) is 67.0 Å². The van der Waals surface area contributed by atoms with E-state index in [1.54, 1.807) is 0 Å². The number of hydrogen-bond acceptors (Lipinski definition) is 4. The van der Waals surface area contributed by atoms with Crippen LogP contribution in [0.3, 0.4) is 0 Å². The maximum absolute atomic E-state index is 5.12. The van der Waals surface area contributed by atoms with Crippen LogP contribution < -0.4 is 9.80 Å². The fourth-order valence-corrected chi connectivity index (χ4v) is 9.39. The molecule has 0 saturated carbocycles. The first kappa shape index (κ1) is 43.5. The first-order chi connectivity index (χ1) is 34.5. The summed E-state index contributed by atoms with van der Waals surface area (Å²) in [5.41, 5.74) is 21.3. The van der Waals surface area contributed by atoms with Crippen LogP contribution in [0, 0.1) is 13.8 Å². The molecule has 0 aliphatic rings. The summed E-state index contributed by atoms with van der Waals surface area (Å²) in [6.07, 6.45) is 4.00. The Labute approximate surface area is 411 Å². The highest BCUT2D eigenvalue weighted by molar-refractivity contribution is 5.90. The molecule has 2 heterocycles. The molecule has 0 amide bonds. The number of nitrogens with zero attached hydrogens (tertiary/aromatic N) is 4. The number of pyridine rings is 2. The van der Waals surface area contributed by atoms with Crippen molar-refractivity contribution < 1.29 is 0 Å². The number of aromatic nitrogens is 2. The topological polar surface area (TPSA) is 32.3 Å². The molecule has 4 heteroatoms. The van der Waals surface area contributed by atoms with Gasteiger partial charge >= 0.3 is 0 Å². The molecule has 0 unspecified atom stereocenters. The molecule has 0 bridgehead atoms. The van der Waals surface area contributed by atoms with E-state index < -0.39 is 0 Å². The summed E-state index contributed by atoms with van der Waals surface area (Å²) < 4.78 is 0. The minimum Gasteiger partial charge on any atom is -0.311 e. The lowest BCUT2D eigenvalue weighted by Gasteiger charge is -2.29. The molecule has 0 N–H and O–H groups in total. The third-order valence-corrected chi connectivity index (χ3v) is 12.9. The first-order valence-electron chi connectivity index (χ1n) is 23.8. The fraction of sp³-hybridized carbons (Fsp3) is 0.0303. The Kier molecular flexibility index (Phi) is 12.2. The lowest BCUT2D eigenvalue weighted by molar-refractivity contribution is 1.24. The highest BCUT2D eigenvalue weighted by Gasteiger charge is 2.21. The molecule has 9 aromatic carbocycles. The zero-order valence-electron chi connectivity index (χ0n) is 39.2. The van der Waals surface area contributed by atoms with Crippen molar-refractivity contribution in [3.63, 3.8) is 0 Å². The number of anilines is 6. The summed E-state index contributed by atoms with van der Waals surface area (Å²) in [4.78, 5) is 14.9. The van der Waals surface area contributed by atoms with E-state index in [2.05, 4.69) is 278 Å². The summed E-state index contributed by atoms with van der Waals surface area (Å²) in [7, 11) is 0. The maximum atomic E-state index is 5.12. The lowest BCUT2D eigenvalue weighted by atomic mass is 9.95. The van der Waals surface area contributed by atoms with Crippen molar-refractivity contribution in [2.24, 2.45) is 0 Å². The van der Waals surface area contributed by atoms with E-state index in [1.165, 1.54) is 0 Å². The van der Waals surface area contributed by atoms with Gasteiger partial charge in [0.25, 0.3) is 0 Å². The van der Waals surface area contributed by atoms with Crippen molar-refractivity contribution in [3.05, 3.63) is 278 Å². The summed E-state index contributed by atoms with van der Waals surface area (Å²) in [5.74, 6) is 0. The van der Waals surface area contributed by atoms with Crippen molar-refractivity contribution in [2.75, 3.05) is 9.80 Å². The van der Waals surface area contributed by atoms with Gasteiger partial charge in [-0.3, -0.25) is 9.97 Å². The molecule has 0 radical (unpaired) electrons. The van der Waals surface area contributed by atoms with Crippen molar-refractivity contribution in [1.29, 1.82) is 0 Å². The largest absolute Gasteiger partial charge is 0.311 e.